The third-order valence-corrected chi connectivity index (χ3v) is 1.90. The highest BCUT2D eigenvalue weighted by Gasteiger charge is 2.00. The zero-order valence-electron chi connectivity index (χ0n) is 8.27. The fraction of sp³-hybridized carbons (Fsp3) is 0.400. The predicted molar refractivity (Wildman–Crippen MR) is 55.2 cm³/mol. The molecule has 0 amide bonds. The zero-order chi connectivity index (χ0) is 10.4. The van der Waals surface area contributed by atoms with Crippen molar-refractivity contribution in [3.8, 4) is 6.07 Å². The monoisotopic (exact) mass is 190 g/mol. The maximum absolute atomic E-state index is 8.42. The molecule has 0 radical (unpaired) electrons. The molecular formula is C10H14N4. The number of nitrogen functional groups attached to an aromatic ring is 1. The van der Waals surface area contributed by atoms with Crippen LogP contribution in [0.3, 0.4) is 0 Å². The number of hydrogen-bond acceptors (Lipinski definition) is 4. The Labute approximate surface area is 84.0 Å². The van der Waals surface area contributed by atoms with Gasteiger partial charge in [0.15, 0.2) is 0 Å². The molecule has 0 aromatic carbocycles. The van der Waals surface area contributed by atoms with E-state index >= 15 is 0 Å². The summed E-state index contributed by atoms with van der Waals surface area (Å²) < 4.78 is 0. The first-order valence-electron chi connectivity index (χ1n) is 4.48. The minimum Gasteiger partial charge on any atom is -0.384 e. The Morgan fingerprint density at radius 2 is 2.43 bits per heavy atom. The summed E-state index contributed by atoms with van der Waals surface area (Å²) in [4.78, 5) is 6.00. The van der Waals surface area contributed by atoms with Crippen LogP contribution in [0.1, 0.15) is 12.0 Å². The number of aromatic nitrogens is 1. The molecule has 1 rings (SSSR count). The van der Waals surface area contributed by atoms with E-state index in [4.69, 9.17) is 11.0 Å². The van der Waals surface area contributed by atoms with Crippen molar-refractivity contribution in [2.24, 2.45) is 0 Å². The zero-order valence-corrected chi connectivity index (χ0v) is 8.27. The molecule has 0 unspecified atom stereocenters. The molecule has 74 valence electrons. The molecule has 4 heteroatoms. The van der Waals surface area contributed by atoms with Gasteiger partial charge in [0.2, 0.25) is 0 Å². The summed E-state index contributed by atoms with van der Waals surface area (Å²) in [7, 11) is 1.98. The van der Waals surface area contributed by atoms with Gasteiger partial charge in [0.1, 0.15) is 5.82 Å². The number of nitriles is 1. The van der Waals surface area contributed by atoms with Crippen molar-refractivity contribution < 1.29 is 0 Å². The van der Waals surface area contributed by atoms with E-state index in [-0.39, 0.29) is 0 Å². The highest BCUT2D eigenvalue weighted by atomic mass is 15.1. The molecule has 0 atom stereocenters. The van der Waals surface area contributed by atoms with Crippen LogP contribution in [0.4, 0.5) is 5.82 Å². The van der Waals surface area contributed by atoms with Crippen LogP contribution >= 0.6 is 0 Å². The largest absolute Gasteiger partial charge is 0.384 e. The molecule has 0 aliphatic carbocycles. The van der Waals surface area contributed by atoms with Gasteiger partial charge in [0.25, 0.3) is 0 Å². The Hall–Kier alpha value is -1.60. The van der Waals surface area contributed by atoms with Crippen LogP contribution in [0.2, 0.25) is 0 Å². The summed E-state index contributed by atoms with van der Waals surface area (Å²) in [6, 6.07) is 5.90. The van der Waals surface area contributed by atoms with Crippen LogP contribution in [0.5, 0.6) is 0 Å². The van der Waals surface area contributed by atoms with Crippen molar-refractivity contribution in [3.05, 3.63) is 23.9 Å². The van der Waals surface area contributed by atoms with E-state index in [1.54, 1.807) is 6.20 Å². The molecule has 1 aromatic heterocycles. The lowest BCUT2D eigenvalue weighted by Crippen LogP contribution is -2.18. The second kappa shape index (κ2) is 5.20. The Morgan fingerprint density at radius 3 is 3.07 bits per heavy atom. The van der Waals surface area contributed by atoms with E-state index in [0.29, 0.717) is 12.2 Å². The number of nitrogens with zero attached hydrogens (tertiary/aromatic N) is 3. The normalized spacial score (nSPS) is 10.1. The van der Waals surface area contributed by atoms with Gasteiger partial charge in [-0.3, -0.25) is 0 Å². The number of anilines is 1. The molecule has 4 nitrogen and oxygen atoms in total. The van der Waals surface area contributed by atoms with E-state index in [2.05, 4.69) is 16.0 Å². The Balaban J connectivity index is 2.48. The van der Waals surface area contributed by atoms with Crippen LogP contribution in [0, 0.1) is 11.3 Å². The third-order valence-electron chi connectivity index (χ3n) is 1.90. The van der Waals surface area contributed by atoms with Gasteiger partial charge < -0.3 is 10.6 Å². The smallest absolute Gasteiger partial charge is 0.123 e. The van der Waals surface area contributed by atoms with Crippen molar-refractivity contribution in [2.75, 3.05) is 19.3 Å². The first-order valence-corrected chi connectivity index (χ1v) is 4.48. The highest BCUT2D eigenvalue weighted by molar-refractivity contribution is 5.31. The minimum atomic E-state index is 0.538. The van der Waals surface area contributed by atoms with Crippen molar-refractivity contribution >= 4 is 5.82 Å². The Kier molecular flexibility index (Phi) is 3.89. The van der Waals surface area contributed by atoms with Gasteiger partial charge in [-0.25, -0.2) is 4.98 Å². The second-order valence-corrected chi connectivity index (χ2v) is 3.23. The molecule has 2 N–H and O–H groups in total. The molecule has 0 saturated carbocycles. The molecule has 0 aliphatic heterocycles. The molecule has 0 saturated heterocycles. The molecular weight excluding hydrogens is 176 g/mol. The molecule has 0 fully saturated rings. The van der Waals surface area contributed by atoms with Gasteiger partial charge in [-0.05, 0) is 24.7 Å². The molecule has 0 spiro atoms. The van der Waals surface area contributed by atoms with Gasteiger partial charge >= 0.3 is 0 Å². The maximum Gasteiger partial charge on any atom is 0.123 e. The first-order chi connectivity index (χ1) is 6.72. The number of nitrogens with two attached hydrogens (primary N) is 1. The molecule has 0 bridgehead atoms. The van der Waals surface area contributed by atoms with Crippen molar-refractivity contribution in [3.63, 3.8) is 0 Å². The van der Waals surface area contributed by atoms with Crippen LogP contribution in [0.15, 0.2) is 18.3 Å². The summed E-state index contributed by atoms with van der Waals surface area (Å²) in [6.07, 6.45) is 2.25. The number of hydrogen-bond donors (Lipinski definition) is 1. The standard InChI is InChI=1S/C10H14N4/c1-14(6-2-4-11)8-9-3-5-13-10(12)7-9/h3,5,7H,2,6,8H2,1H3,(H2,12,13). The highest BCUT2D eigenvalue weighted by Crippen LogP contribution is 2.05. The van der Waals surface area contributed by atoms with Gasteiger partial charge in [0, 0.05) is 25.7 Å². The quantitative estimate of drug-likeness (QED) is 0.769. The Bertz CT molecular complexity index is 329. The van der Waals surface area contributed by atoms with Gasteiger partial charge in [-0.15, -0.1) is 0 Å². The van der Waals surface area contributed by atoms with Crippen molar-refractivity contribution in [2.45, 2.75) is 13.0 Å². The average molecular weight is 190 g/mol. The first kappa shape index (κ1) is 10.5. The molecule has 1 aromatic rings. The lowest BCUT2D eigenvalue weighted by Gasteiger charge is -2.14. The van der Waals surface area contributed by atoms with E-state index < -0.39 is 0 Å². The van der Waals surface area contributed by atoms with Crippen LogP contribution in [-0.2, 0) is 6.54 Å². The van der Waals surface area contributed by atoms with Gasteiger partial charge in [-0.2, -0.15) is 5.26 Å². The van der Waals surface area contributed by atoms with Crippen molar-refractivity contribution in [1.82, 2.24) is 9.88 Å². The Morgan fingerprint density at radius 1 is 1.64 bits per heavy atom. The number of pyridine rings is 1. The molecule has 14 heavy (non-hydrogen) atoms. The second-order valence-electron chi connectivity index (χ2n) is 3.23. The van der Waals surface area contributed by atoms with E-state index in [1.807, 2.05) is 19.2 Å². The van der Waals surface area contributed by atoms with Gasteiger partial charge in [-0.1, -0.05) is 0 Å². The lowest BCUT2D eigenvalue weighted by atomic mass is 10.2. The van der Waals surface area contributed by atoms with Crippen LogP contribution in [0.25, 0.3) is 0 Å². The van der Waals surface area contributed by atoms with E-state index in [0.717, 1.165) is 18.7 Å². The SMILES string of the molecule is CN(CCC#N)Cc1ccnc(N)c1. The van der Waals surface area contributed by atoms with E-state index in [9.17, 15) is 0 Å². The van der Waals surface area contributed by atoms with Crippen LogP contribution < -0.4 is 5.73 Å². The summed E-state index contributed by atoms with van der Waals surface area (Å²) in [5, 5.41) is 8.42. The van der Waals surface area contributed by atoms with Gasteiger partial charge in [0.05, 0.1) is 6.07 Å². The fourth-order valence-electron chi connectivity index (χ4n) is 1.22. The van der Waals surface area contributed by atoms with Crippen molar-refractivity contribution in [1.29, 1.82) is 5.26 Å². The summed E-state index contributed by atoms with van der Waals surface area (Å²) in [5.41, 5.74) is 6.68. The molecule has 1 heterocycles. The summed E-state index contributed by atoms with van der Waals surface area (Å²) >= 11 is 0. The lowest BCUT2D eigenvalue weighted by molar-refractivity contribution is 0.335. The summed E-state index contributed by atoms with van der Waals surface area (Å²) in [5.74, 6) is 0.538. The average Bonchev–Trinajstić information content (AvgIpc) is 2.15. The third kappa shape index (κ3) is 3.42. The fourth-order valence-corrected chi connectivity index (χ4v) is 1.22. The predicted octanol–water partition coefficient (Wildman–Crippen LogP) is 1.01. The number of rotatable bonds is 4. The maximum atomic E-state index is 8.42. The minimum absolute atomic E-state index is 0.538. The van der Waals surface area contributed by atoms with E-state index in [1.165, 1.54) is 0 Å². The molecule has 0 aliphatic rings. The van der Waals surface area contributed by atoms with Crippen LogP contribution in [-0.4, -0.2) is 23.5 Å². The topological polar surface area (TPSA) is 65.9 Å². The summed E-state index contributed by atoms with van der Waals surface area (Å²) in [6.45, 7) is 1.58.